The van der Waals surface area contributed by atoms with E-state index in [0.717, 1.165) is 6.42 Å². The maximum absolute atomic E-state index is 11.9. The summed E-state index contributed by atoms with van der Waals surface area (Å²) in [6.07, 6.45) is 0.435. The average molecular weight is 270 g/mol. The summed E-state index contributed by atoms with van der Waals surface area (Å²) in [6.45, 7) is 1.90. The van der Waals surface area contributed by atoms with Crippen LogP contribution >= 0.6 is 0 Å². The molecular formula is C13H18O4S. The minimum Gasteiger partial charge on any atom is -0.393 e. The highest BCUT2D eigenvalue weighted by Crippen LogP contribution is 2.12. The van der Waals surface area contributed by atoms with Gasteiger partial charge in [0.25, 0.3) is 0 Å². The summed E-state index contributed by atoms with van der Waals surface area (Å²) in [7, 11) is -3.58. The Kier molecular flexibility index (Phi) is 5.50. The van der Waals surface area contributed by atoms with Gasteiger partial charge >= 0.3 is 0 Å². The van der Waals surface area contributed by atoms with Crippen molar-refractivity contribution in [2.75, 3.05) is 5.75 Å². The van der Waals surface area contributed by atoms with E-state index >= 15 is 0 Å². The monoisotopic (exact) mass is 270 g/mol. The minimum absolute atomic E-state index is 0.0973. The molecule has 18 heavy (non-hydrogen) atoms. The number of hydrogen-bond acceptors (Lipinski definition) is 4. The Morgan fingerprint density at radius 3 is 2.44 bits per heavy atom. The van der Waals surface area contributed by atoms with Gasteiger partial charge in [-0.25, -0.2) is 8.42 Å². The van der Waals surface area contributed by atoms with Crippen LogP contribution in [-0.2, 0) is 14.6 Å². The molecule has 1 aromatic rings. The molecule has 0 spiro atoms. The van der Waals surface area contributed by atoms with Crippen molar-refractivity contribution in [3.63, 3.8) is 0 Å². The van der Waals surface area contributed by atoms with E-state index in [2.05, 4.69) is 0 Å². The third-order valence-electron chi connectivity index (χ3n) is 2.54. The second-order valence-electron chi connectivity index (χ2n) is 4.26. The van der Waals surface area contributed by atoms with Gasteiger partial charge in [0, 0.05) is 6.42 Å². The van der Waals surface area contributed by atoms with Crippen LogP contribution in [-0.4, -0.2) is 31.2 Å². The Labute approximate surface area is 108 Å². The third-order valence-corrected chi connectivity index (χ3v) is 4.23. The summed E-state index contributed by atoms with van der Waals surface area (Å²) in [5, 5.41) is 9.47. The molecule has 5 heteroatoms. The first-order valence-corrected chi connectivity index (χ1v) is 7.58. The fourth-order valence-electron chi connectivity index (χ4n) is 1.68. The minimum atomic E-state index is -3.58. The molecule has 4 nitrogen and oxygen atoms in total. The van der Waals surface area contributed by atoms with E-state index in [-0.39, 0.29) is 11.3 Å². The Morgan fingerprint density at radius 1 is 1.28 bits per heavy atom. The van der Waals surface area contributed by atoms with Crippen LogP contribution < -0.4 is 0 Å². The highest BCUT2D eigenvalue weighted by Gasteiger charge is 2.20. The molecule has 0 aliphatic carbocycles. The molecule has 1 aromatic carbocycles. The number of aliphatic hydroxyl groups is 1. The summed E-state index contributed by atoms with van der Waals surface area (Å²) in [5.41, 5.74) is 0. The number of benzene rings is 1. The van der Waals surface area contributed by atoms with Gasteiger partial charge in [-0.05, 0) is 18.6 Å². The van der Waals surface area contributed by atoms with Crippen LogP contribution in [0.4, 0.5) is 0 Å². The van der Waals surface area contributed by atoms with Crippen molar-refractivity contribution < 1.29 is 18.3 Å². The molecule has 0 aliphatic heterocycles. The zero-order chi connectivity index (χ0) is 13.6. The zero-order valence-corrected chi connectivity index (χ0v) is 11.2. The average Bonchev–Trinajstić information content (AvgIpc) is 2.29. The van der Waals surface area contributed by atoms with Crippen molar-refractivity contribution in [1.82, 2.24) is 0 Å². The predicted octanol–water partition coefficient (Wildman–Crippen LogP) is 1.58. The lowest BCUT2D eigenvalue weighted by atomic mass is 10.1. The Bertz CT molecular complexity index is 479. The van der Waals surface area contributed by atoms with E-state index in [9.17, 15) is 18.3 Å². The molecule has 0 heterocycles. The van der Waals surface area contributed by atoms with E-state index < -0.39 is 27.5 Å². The maximum atomic E-state index is 11.9. The lowest BCUT2D eigenvalue weighted by Crippen LogP contribution is -2.21. The molecule has 1 atom stereocenters. The number of sulfone groups is 1. The number of aliphatic hydroxyl groups excluding tert-OH is 1. The van der Waals surface area contributed by atoms with Crippen LogP contribution in [0.3, 0.4) is 0 Å². The first kappa shape index (κ1) is 14.9. The lowest BCUT2D eigenvalue weighted by molar-refractivity contribution is -0.118. The van der Waals surface area contributed by atoms with Crippen molar-refractivity contribution >= 4 is 15.6 Å². The van der Waals surface area contributed by atoms with Crippen LogP contribution in [0.25, 0.3) is 0 Å². The number of ketones is 1. The van der Waals surface area contributed by atoms with Gasteiger partial charge in [0.15, 0.2) is 15.6 Å². The normalized spacial score (nSPS) is 13.2. The largest absolute Gasteiger partial charge is 0.393 e. The molecule has 1 unspecified atom stereocenters. The number of rotatable bonds is 7. The van der Waals surface area contributed by atoms with Gasteiger partial charge in [0.1, 0.15) is 5.75 Å². The van der Waals surface area contributed by atoms with Crippen LogP contribution in [0.1, 0.15) is 26.2 Å². The van der Waals surface area contributed by atoms with Crippen molar-refractivity contribution in [2.45, 2.75) is 37.2 Å². The number of carbonyl (C=O) groups is 1. The molecule has 0 amide bonds. The van der Waals surface area contributed by atoms with E-state index in [4.69, 9.17) is 0 Å². The van der Waals surface area contributed by atoms with E-state index in [1.807, 2.05) is 6.92 Å². The summed E-state index contributed by atoms with van der Waals surface area (Å²) < 4.78 is 23.8. The van der Waals surface area contributed by atoms with Crippen LogP contribution in [0, 0.1) is 0 Å². The molecule has 0 saturated heterocycles. The molecular weight excluding hydrogens is 252 g/mol. The molecule has 0 aromatic heterocycles. The van der Waals surface area contributed by atoms with Crippen LogP contribution in [0.15, 0.2) is 35.2 Å². The van der Waals surface area contributed by atoms with Gasteiger partial charge in [0.2, 0.25) is 0 Å². The van der Waals surface area contributed by atoms with Crippen molar-refractivity contribution in [3.8, 4) is 0 Å². The summed E-state index contributed by atoms with van der Waals surface area (Å²) in [4.78, 5) is 11.7. The van der Waals surface area contributed by atoms with E-state index in [0.29, 0.717) is 6.42 Å². The highest BCUT2D eigenvalue weighted by molar-refractivity contribution is 7.92. The number of carbonyl (C=O) groups excluding carboxylic acids is 1. The van der Waals surface area contributed by atoms with Crippen LogP contribution in [0.5, 0.6) is 0 Å². The van der Waals surface area contributed by atoms with Crippen molar-refractivity contribution in [3.05, 3.63) is 30.3 Å². The van der Waals surface area contributed by atoms with Gasteiger partial charge in [-0.2, -0.15) is 0 Å². The van der Waals surface area contributed by atoms with Gasteiger partial charge in [-0.3, -0.25) is 4.79 Å². The first-order chi connectivity index (χ1) is 8.45. The smallest absolute Gasteiger partial charge is 0.185 e. The molecule has 0 aliphatic rings. The standard InChI is InChI=1S/C13H18O4S/c1-2-6-11(14)9-12(15)10-18(16,17)13-7-4-3-5-8-13/h3-5,7-8,11,14H,2,6,9-10H2,1H3. The molecule has 100 valence electrons. The Hall–Kier alpha value is -1.20. The fraction of sp³-hybridized carbons (Fsp3) is 0.462. The van der Waals surface area contributed by atoms with Crippen molar-refractivity contribution in [2.24, 2.45) is 0 Å². The van der Waals surface area contributed by atoms with E-state index in [1.54, 1.807) is 18.2 Å². The van der Waals surface area contributed by atoms with E-state index in [1.165, 1.54) is 12.1 Å². The predicted molar refractivity (Wildman–Crippen MR) is 69.0 cm³/mol. The molecule has 1 N–H and O–H groups in total. The van der Waals surface area contributed by atoms with Gasteiger partial charge in [-0.15, -0.1) is 0 Å². The topological polar surface area (TPSA) is 71.4 Å². The van der Waals surface area contributed by atoms with Gasteiger partial charge < -0.3 is 5.11 Å². The Balaban J connectivity index is 2.64. The van der Waals surface area contributed by atoms with Crippen molar-refractivity contribution in [1.29, 1.82) is 0 Å². The van der Waals surface area contributed by atoms with Crippen LogP contribution in [0.2, 0.25) is 0 Å². The molecule has 0 saturated carbocycles. The van der Waals surface area contributed by atoms with Gasteiger partial charge in [-0.1, -0.05) is 31.5 Å². The molecule has 0 radical (unpaired) electrons. The number of Topliss-reactive ketones (excluding diaryl/α,β-unsaturated/α-hetero) is 1. The fourth-order valence-corrected chi connectivity index (χ4v) is 2.96. The lowest BCUT2D eigenvalue weighted by Gasteiger charge is -2.08. The Morgan fingerprint density at radius 2 is 1.89 bits per heavy atom. The highest BCUT2D eigenvalue weighted by atomic mass is 32.2. The molecule has 0 bridgehead atoms. The second kappa shape index (κ2) is 6.66. The second-order valence-corrected chi connectivity index (χ2v) is 6.25. The summed E-state index contributed by atoms with van der Waals surface area (Å²) in [5.74, 6) is -0.988. The summed E-state index contributed by atoms with van der Waals surface area (Å²) in [6, 6.07) is 7.87. The SMILES string of the molecule is CCCC(O)CC(=O)CS(=O)(=O)c1ccccc1. The molecule has 1 rings (SSSR count). The first-order valence-electron chi connectivity index (χ1n) is 5.93. The number of hydrogen-bond donors (Lipinski definition) is 1. The quantitative estimate of drug-likeness (QED) is 0.816. The van der Waals surface area contributed by atoms with Gasteiger partial charge in [0.05, 0.1) is 11.0 Å². The third kappa shape index (κ3) is 4.58. The zero-order valence-electron chi connectivity index (χ0n) is 10.4. The summed E-state index contributed by atoms with van der Waals surface area (Å²) >= 11 is 0. The molecule has 0 fully saturated rings. The maximum Gasteiger partial charge on any atom is 0.185 e.